The number of nitrogens with one attached hydrogen (secondary N) is 2. The summed E-state index contributed by atoms with van der Waals surface area (Å²) in [5, 5.41) is 7.42. The fourth-order valence-electron chi connectivity index (χ4n) is 3.09. The fourth-order valence-corrected chi connectivity index (χ4v) is 3.09. The lowest BCUT2D eigenvalue weighted by molar-refractivity contribution is 0.0524. The number of hydrogen-bond acceptors (Lipinski definition) is 3. The second-order valence-electron chi connectivity index (χ2n) is 5.28. The molecule has 0 amide bonds. The summed E-state index contributed by atoms with van der Waals surface area (Å²) >= 11 is 0. The molecule has 15 heavy (non-hydrogen) atoms. The molecule has 0 aromatic heterocycles. The Morgan fingerprint density at radius 2 is 2.07 bits per heavy atom. The van der Waals surface area contributed by atoms with Gasteiger partial charge in [-0.05, 0) is 31.6 Å². The topological polar surface area (TPSA) is 33.3 Å². The lowest BCUT2D eigenvalue weighted by atomic mass is 9.94. The highest BCUT2D eigenvalue weighted by atomic mass is 16.5. The van der Waals surface area contributed by atoms with Crippen LogP contribution in [0.1, 0.15) is 32.1 Å². The Hall–Kier alpha value is -0.120. The molecule has 3 heteroatoms. The summed E-state index contributed by atoms with van der Waals surface area (Å²) in [5.74, 6) is 0.811. The van der Waals surface area contributed by atoms with E-state index in [9.17, 15) is 0 Å². The van der Waals surface area contributed by atoms with Crippen LogP contribution in [0.15, 0.2) is 0 Å². The van der Waals surface area contributed by atoms with E-state index in [0.717, 1.165) is 37.8 Å². The van der Waals surface area contributed by atoms with Crippen LogP contribution in [0, 0.1) is 5.92 Å². The average Bonchev–Trinajstić information content (AvgIpc) is 2.96. The van der Waals surface area contributed by atoms with E-state index in [1.54, 1.807) is 0 Å². The Labute approximate surface area is 91.9 Å². The van der Waals surface area contributed by atoms with Crippen LogP contribution in [0.4, 0.5) is 0 Å². The van der Waals surface area contributed by atoms with Gasteiger partial charge in [-0.1, -0.05) is 6.42 Å². The normalized spacial score (nSPS) is 42.0. The van der Waals surface area contributed by atoms with Crippen LogP contribution >= 0.6 is 0 Å². The number of rotatable bonds is 3. The van der Waals surface area contributed by atoms with Crippen LogP contribution in [0.3, 0.4) is 0 Å². The van der Waals surface area contributed by atoms with Crippen molar-refractivity contribution in [2.75, 3.05) is 19.8 Å². The minimum Gasteiger partial charge on any atom is -0.379 e. The molecule has 0 aromatic carbocycles. The zero-order valence-corrected chi connectivity index (χ0v) is 9.37. The fraction of sp³-hybridized carbons (Fsp3) is 1.00. The smallest absolute Gasteiger partial charge is 0.0623 e. The molecule has 2 saturated carbocycles. The minimum atomic E-state index is 0.609. The molecule has 0 aromatic rings. The minimum absolute atomic E-state index is 0.609. The Balaban J connectivity index is 1.56. The molecule has 2 N–H and O–H groups in total. The molecule has 1 aliphatic heterocycles. The maximum Gasteiger partial charge on any atom is 0.0623 e. The van der Waals surface area contributed by atoms with Crippen molar-refractivity contribution < 1.29 is 4.74 Å². The van der Waals surface area contributed by atoms with Crippen LogP contribution in [-0.2, 0) is 4.74 Å². The van der Waals surface area contributed by atoms with Crippen molar-refractivity contribution in [3.8, 4) is 0 Å². The van der Waals surface area contributed by atoms with E-state index in [2.05, 4.69) is 10.6 Å². The summed E-state index contributed by atoms with van der Waals surface area (Å²) in [4.78, 5) is 0. The highest BCUT2D eigenvalue weighted by molar-refractivity contribution is 4.95. The summed E-state index contributed by atoms with van der Waals surface area (Å²) in [5.41, 5.74) is 0. The molecule has 3 rings (SSSR count). The molecule has 3 unspecified atom stereocenters. The molecule has 2 aliphatic carbocycles. The van der Waals surface area contributed by atoms with Crippen molar-refractivity contribution >= 4 is 0 Å². The predicted molar refractivity (Wildman–Crippen MR) is 59.9 cm³/mol. The SMILES string of the molecule is C1CC(NC2CC2)C(C2COCCN2)C1. The molecule has 0 bridgehead atoms. The summed E-state index contributed by atoms with van der Waals surface area (Å²) in [6, 6.07) is 2.22. The molecule has 1 saturated heterocycles. The Bertz CT molecular complexity index is 212. The zero-order valence-electron chi connectivity index (χ0n) is 9.37. The van der Waals surface area contributed by atoms with Crippen LogP contribution < -0.4 is 10.6 Å². The summed E-state index contributed by atoms with van der Waals surface area (Å²) in [7, 11) is 0. The number of hydrogen-bond donors (Lipinski definition) is 2. The molecule has 1 heterocycles. The highest BCUT2D eigenvalue weighted by Crippen LogP contribution is 2.32. The van der Waals surface area contributed by atoms with Gasteiger partial charge in [0.2, 0.25) is 0 Å². The molecule has 3 aliphatic rings. The van der Waals surface area contributed by atoms with Crippen molar-refractivity contribution in [2.45, 2.75) is 50.2 Å². The maximum atomic E-state index is 5.57. The van der Waals surface area contributed by atoms with Crippen LogP contribution in [0.25, 0.3) is 0 Å². The van der Waals surface area contributed by atoms with Gasteiger partial charge >= 0.3 is 0 Å². The monoisotopic (exact) mass is 210 g/mol. The van der Waals surface area contributed by atoms with Crippen molar-refractivity contribution in [3.05, 3.63) is 0 Å². The molecule has 3 atom stereocenters. The molecule has 86 valence electrons. The summed E-state index contributed by atoms with van der Waals surface area (Å²) in [6.45, 7) is 2.86. The predicted octanol–water partition coefficient (Wildman–Crippen LogP) is 0.895. The van der Waals surface area contributed by atoms with Gasteiger partial charge in [0.25, 0.3) is 0 Å². The lowest BCUT2D eigenvalue weighted by Gasteiger charge is -2.33. The van der Waals surface area contributed by atoms with E-state index >= 15 is 0 Å². The van der Waals surface area contributed by atoms with Crippen molar-refractivity contribution in [3.63, 3.8) is 0 Å². The third-order valence-corrected chi connectivity index (χ3v) is 4.06. The van der Waals surface area contributed by atoms with Gasteiger partial charge in [-0.2, -0.15) is 0 Å². The van der Waals surface area contributed by atoms with E-state index in [0.29, 0.717) is 6.04 Å². The molecular weight excluding hydrogens is 188 g/mol. The largest absolute Gasteiger partial charge is 0.379 e. The van der Waals surface area contributed by atoms with Crippen LogP contribution in [0.2, 0.25) is 0 Å². The highest BCUT2D eigenvalue weighted by Gasteiger charge is 2.37. The van der Waals surface area contributed by atoms with Gasteiger partial charge in [0, 0.05) is 24.7 Å². The van der Waals surface area contributed by atoms with Gasteiger partial charge in [-0.3, -0.25) is 0 Å². The quantitative estimate of drug-likeness (QED) is 0.726. The van der Waals surface area contributed by atoms with Gasteiger partial charge in [0.1, 0.15) is 0 Å². The van der Waals surface area contributed by atoms with Gasteiger partial charge in [-0.15, -0.1) is 0 Å². The average molecular weight is 210 g/mol. The van der Waals surface area contributed by atoms with Crippen LogP contribution in [-0.4, -0.2) is 37.9 Å². The first kappa shape index (κ1) is 10.1. The standard InChI is InChI=1S/C12H22N2O/c1-2-10(12-8-15-7-6-13-12)11(3-1)14-9-4-5-9/h9-14H,1-8H2. The lowest BCUT2D eigenvalue weighted by Crippen LogP contribution is -2.51. The molecule has 0 spiro atoms. The molecule has 0 radical (unpaired) electrons. The van der Waals surface area contributed by atoms with Gasteiger partial charge < -0.3 is 15.4 Å². The van der Waals surface area contributed by atoms with E-state index < -0.39 is 0 Å². The summed E-state index contributed by atoms with van der Waals surface area (Å²) in [6.07, 6.45) is 6.95. The Morgan fingerprint density at radius 1 is 1.13 bits per heavy atom. The van der Waals surface area contributed by atoms with E-state index in [4.69, 9.17) is 4.74 Å². The van der Waals surface area contributed by atoms with Gasteiger partial charge in [0.15, 0.2) is 0 Å². The third-order valence-electron chi connectivity index (χ3n) is 4.06. The van der Waals surface area contributed by atoms with E-state index in [1.165, 1.54) is 32.1 Å². The number of ether oxygens (including phenoxy) is 1. The first-order valence-electron chi connectivity index (χ1n) is 6.50. The second-order valence-corrected chi connectivity index (χ2v) is 5.28. The van der Waals surface area contributed by atoms with Gasteiger partial charge in [0.05, 0.1) is 13.2 Å². The summed E-state index contributed by atoms with van der Waals surface area (Å²) < 4.78 is 5.57. The first-order chi connectivity index (χ1) is 7.43. The Morgan fingerprint density at radius 3 is 2.80 bits per heavy atom. The Kier molecular flexibility index (Phi) is 2.95. The third kappa shape index (κ3) is 2.35. The van der Waals surface area contributed by atoms with Crippen molar-refractivity contribution in [1.82, 2.24) is 10.6 Å². The van der Waals surface area contributed by atoms with Crippen molar-refractivity contribution in [2.24, 2.45) is 5.92 Å². The maximum absolute atomic E-state index is 5.57. The second kappa shape index (κ2) is 4.40. The van der Waals surface area contributed by atoms with E-state index in [1.807, 2.05) is 0 Å². The van der Waals surface area contributed by atoms with Crippen molar-refractivity contribution in [1.29, 1.82) is 0 Å². The van der Waals surface area contributed by atoms with Gasteiger partial charge in [-0.25, -0.2) is 0 Å². The molecule has 3 nitrogen and oxygen atoms in total. The molecule has 3 fully saturated rings. The zero-order chi connectivity index (χ0) is 10.1. The molecular formula is C12H22N2O. The van der Waals surface area contributed by atoms with Crippen LogP contribution in [0.5, 0.6) is 0 Å². The van der Waals surface area contributed by atoms with E-state index in [-0.39, 0.29) is 0 Å². The first-order valence-corrected chi connectivity index (χ1v) is 6.50. The number of morpholine rings is 1.